The highest BCUT2D eigenvalue weighted by Crippen LogP contribution is 2.31. The van der Waals surface area contributed by atoms with E-state index >= 15 is 0 Å². The highest BCUT2D eigenvalue weighted by atomic mass is 15.1. The Morgan fingerprint density at radius 2 is 1.47 bits per heavy atom. The lowest BCUT2D eigenvalue weighted by Gasteiger charge is -2.34. The Bertz CT molecular complexity index is 444. The van der Waals surface area contributed by atoms with Crippen LogP contribution in [0.15, 0.2) is 0 Å². The van der Waals surface area contributed by atoms with Gasteiger partial charge in [-0.15, -0.1) is 0 Å². The van der Waals surface area contributed by atoms with Gasteiger partial charge in [0.25, 0.3) is 0 Å². The number of hydrogen-bond acceptors (Lipinski definition) is 4. The van der Waals surface area contributed by atoms with Gasteiger partial charge >= 0.3 is 0 Å². The Labute approximate surface area is 117 Å². The van der Waals surface area contributed by atoms with E-state index in [0.29, 0.717) is 0 Å². The van der Waals surface area contributed by atoms with Gasteiger partial charge in [0.05, 0.1) is 0 Å². The monoisotopic (exact) mass is 264 g/mol. The van der Waals surface area contributed by atoms with E-state index in [1.807, 2.05) is 20.9 Å². The van der Waals surface area contributed by atoms with Gasteiger partial charge in [0.15, 0.2) is 0 Å². The Hall–Kier alpha value is -1.32. The molecule has 0 fully saturated rings. The van der Waals surface area contributed by atoms with Gasteiger partial charge in [0.2, 0.25) is 0 Å². The number of aromatic nitrogens is 2. The van der Waals surface area contributed by atoms with Gasteiger partial charge < -0.3 is 10.6 Å². The van der Waals surface area contributed by atoms with Crippen molar-refractivity contribution in [1.29, 1.82) is 0 Å². The van der Waals surface area contributed by atoms with Gasteiger partial charge in [0.1, 0.15) is 17.5 Å². The summed E-state index contributed by atoms with van der Waals surface area (Å²) in [6, 6.07) is 0. The van der Waals surface area contributed by atoms with Crippen molar-refractivity contribution in [1.82, 2.24) is 9.97 Å². The molecule has 19 heavy (non-hydrogen) atoms. The first-order valence-corrected chi connectivity index (χ1v) is 6.85. The van der Waals surface area contributed by atoms with Crippen molar-refractivity contribution < 1.29 is 0 Å². The summed E-state index contributed by atoms with van der Waals surface area (Å²) in [6.07, 6.45) is 1.07. The van der Waals surface area contributed by atoms with Crippen LogP contribution in [0.25, 0.3) is 0 Å². The zero-order valence-electron chi connectivity index (χ0n) is 13.6. The number of nitrogens with zero attached hydrogens (tertiary/aromatic N) is 2. The number of rotatable bonds is 4. The molecule has 2 N–H and O–H groups in total. The molecule has 0 aromatic carbocycles. The summed E-state index contributed by atoms with van der Waals surface area (Å²) >= 11 is 0. The van der Waals surface area contributed by atoms with E-state index < -0.39 is 0 Å². The minimum absolute atomic E-state index is 0.00514. The Kier molecular flexibility index (Phi) is 4.43. The number of anilines is 2. The second kappa shape index (κ2) is 5.35. The summed E-state index contributed by atoms with van der Waals surface area (Å²) in [4.78, 5) is 8.93. The summed E-state index contributed by atoms with van der Waals surface area (Å²) in [5.41, 5.74) is 1.34. The predicted molar refractivity (Wildman–Crippen MR) is 82.8 cm³/mol. The lowest BCUT2D eigenvalue weighted by molar-refractivity contribution is 0.302. The third-order valence-corrected chi connectivity index (χ3v) is 2.92. The van der Waals surface area contributed by atoms with E-state index in [1.165, 1.54) is 0 Å². The van der Waals surface area contributed by atoms with Crippen molar-refractivity contribution in [3.8, 4) is 0 Å². The topological polar surface area (TPSA) is 49.8 Å². The van der Waals surface area contributed by atoms with Crippen LogP contribution in [-0.2, 0) is 0 Å². The van der Waals surface area contributed by atoms with Crippen LogP contribution in [0.5, 0.6) is 0 Å². The molecule has 0 spiro atoms. The third kappa shape index (κ3) is 4.69. The first-order chi connectivity index (χ1) is 8.54. The van der Waals surface area contributed by atoms with Gasteiger partial charge in [-0.3, -0.25) is 0 Å². The minimum atomic E-state index is -0.00514. The van der Waals surface area contributed by atoms with E-state index in [1.54, 1.807) is 0 Å². The van der Waals surface area contributed by atoms with Gasteiger partial charge in [-0.2, -0.15) is 0 Å². The molecule has 4 nitrogen and oxygen atoms in total. The highest BCUT2D eigenvalue weighted by Gasteiger charge is 2.26. The van der Waals surface area contributed by atoms with Crippen molar-refractivity contribution in [2.75, 3.05) is 17.7 Å². The molecule has 1 aromatic rings. The van der Waals surface area contributed by atoms with Crippen LogP contribution < -0.4 is 10.6 Å². The van der Waals surface area contributed by atoms with E-state index in [0.717, 1.165) is 29.4 Å². The number of aryl methyl sites for hydroxylation is 1. The molecule has 108 valence electrons. The average molecular weight is 264 g/mol. The van der Waals surface area contributed by atoms with Gasteiger partial charge in [-0.05, 0) is 39.5 Å². The standard InChI is InChI=1S/C15H28N4/c1-10-12(16-8)17-11(2)18-13(10)19-15(6,7)9-14(3,4)5/h9H2,1-8H3,(H2,16,17,18,19). The molecule has 1 rings (SSSR count). The van der Waals surface area contributed by atoms with Crippen molar-refractivity contribution in [2.24, 2.45) is 5.41 Å². The van der Waals surface area contributed by atoms with Crippen LogP contribution in [0.4, 0.5) is 11.6 Å². The van der Waals surface area contributed by atoms with Crippen molar-refractivity contribution in [3.05, 3.63) is 11.4 Å². The van der Waals surface area contributed by atoms with Crippen LogP contribution in [-0.4, -0.2) is 22.6 Å². The van der Waals surface area contributed by atoms with E-state index in [9.17, 15) is 0 Å². The van der Waals surface area contributed by atoms with Crippen molar-refractivity contribution in [3.63, 3.8) is 0 Å². The summed E-state index contributed by atoms with van der Waals surface area (Å²) < 4.78 is 0. The van der Waals surface area contributed by atoms with Crippen molar-refractivity contribution in [2.45, 2.75) is 60.4 Å². The molecule has 1 aromatic heterocycles. The van der Waals surface area contributed by atoms with Crippen molar-refractivity contribution >= 4 is 11.6 Å². The molecular formula is C15H28N4. The average Bonchev–Trinajstić information content (AvgIpc) is 2.18. The molecule has 4 heteroatoms. The van der Waals surface area contributed by atoms with E-state index in [2.05, 4.69) is 55.2 Å². The van der Waals surface area contributed by atoms with Crippen LogP contribution in [0.2, 0.25) is 0 Å². The summed E-state index contributed by atoms with van der Waals surface area (Å²) in [5, 5.41) is 6.69. The van der Waals surface area contributed by atoms with Crippen LogP contribution >= 0.6 is 0 Å². The van der Waals surface area contributed by atoms with Crippen LogP contribution in [0.3, 0.4) is 0 Å². The van der Waals surface area contributed by atoms with Gasteiger partial charge in [-0.25, -0.2) is 9.97 Å². The molecule has 1 heterocycles. The van der Waals surface area contributed by atoms with Gasteiger partial charge in [-0.1, -0.05) is 20.8 Å². The Balaban J connectivity index is 3.02. The highest BCUT2D eigenvalue weighted by molar-refractivity contribution is 5.57. The number of hydrogen-bond donors (Lipinski definition) is 2. The quantitative estimate of drug-likeness (QED) is 0.869. The second-order valence-corrected chi connectivity index (χ2v) is 7.09. The van der Waals surface area contributed by atoms with E-state index in [-0.39, 0.29) is 11.0 Å². The van der Waals surface area contributed by atoms with E-state index in [4.69, 9.17) is 0 Å². The second-order valence-electron chi connectivity index (χ2n) is 7.09. The molecule has 0 saturated heterocycles. The molecule has 0 amide bonds. The molecule has 0 aliphatic carbocycles. The number of nitrogens with one attached hydrogen (secondary N) is 2. The zero-order valence-corrected chi connectivity index (χ0v) is 13.6. The maximum Gasteiger partial charge on any atom is 0.135 e. The molecule has 0 unspecified atom stereocenters. The fourth-order valence-electron chi connectivity index (χ4n) is 2.68. The largest absolute Gasteiger partial charge is 0.373 e. The molecule has 0 atom stereocenters. The van der Waals surface area contributed by atoms with Gasteiger partial charge in [0, 0.05) is 18.2 Å². The Morgan fingerprint density at radius 3 is 1.95 bits per heavy atom. The smallest absolute Gasteiger partial charge is 0.135 e. The predicted octanol–water partition coefficient (Wildman–Crippen LogP) is 3.76. The summed E-state index contributed by atoms with van der Waals surface area (Å²) in [7, 11) is 1.89. The van der Waals surface area contributed by atoms with Crippen LogP contribution in [0.1, 0.15) is 52.4 Å². The molecule has 0 aliphatic heterocycles. The minimum Gasteiger partial charge on any atom is -0.373 e. The molecule has 0 aliphatic rings. The maximum atomic E-state index is 4.53. The molecule has 0 saturated carbocycles. The first-order valence-electron chi connectivity index (χ1n) is 6.85. The summed E-state index contributed by atoms with van der Waals surface area (Å²) in [6.45, 7) is 15.2. The zero-order chi connectivity index (χ0) is 14.8. The first kappa shape index (κ1) is 15.7. The molecule has 0 radical (unpaired) electrons. The van der Waals surface area contributed by atoms with Crippen LogP contribution in [0, 0.1) is 19.3 Å². The third-order valence-electron chi connectivity index (χ3n) is 2.92. The normalized spacial score (nSPS) is 12.4. The summed E-state index contributed by atoms with van der Waals surface area (Å²) in [5.74, 6) is 2.59. The molecule has 0 bridgehead atoms. The Morgan fingerprint density at radius 1 is 0.947 bits per heavy atom. The lowest BCUT2D eigenvalue weighted by Crippen LogP contribution is -2.36. The maximum absolute atomic E-state index is 4.53. The fraction of sp³-hybridized carbons (Fsp3) is 0.733. The fourth-order valence-corrected chi connectivity index (χ4v) is 2.68. The lowest BCUT2D eigenvalue weighted by atomic mass is 9.82. The molecular weight excluding hydrogens is 236 g/mol. The SMILES string of the molecule is CNc1nc(C)nc(NC(C)(C)CC(C)(C)C)c1C.